The minimum atomic E-state index is 0.594. The normalized spacial score (nSPS) is 11.5. The summed E-state index contributed by atoms with van der Waals surface area (Å²) in [4.78, 5) is 15.4. The molecule has 0 saturated heterocycles. The van der Waals surface area contributed by atoms with Crippen molar-refractivity contribution in [3.05, 3.63) is 212 Å². The topological polar surface area (TPSA) is 65.0 Å². The van der Waals surface area contributed by atoms with Crippen LogP contribution in [-0.4, -0.2) is 15.0 Å². The fraction of sp³-hybridized carbons (Fsp3) is 0. The number of rotatable bonds is 7. The van der Waals surface area contributed by atoms with E-state index in [0.29, 0.717) is 17.5 Å². The Bertz CT molecular complexity index is 3530. The summed E-state index contributed by atoms with van der Waals surface area (Å²) in [6.45, 7) is 0. The SMILES string of the molecule is c1ccc(-c2cccc(-c3nc(-c4ccc(-c5ccc(-c6cccc7oc8ccccc8c67)c6c5oc5ccccc56)cc4)nc(-c4cccc(-c5ccccc5)c4)n3)c2)cc1. The summed E-state index contributed by atoms with van der Waals surface area (Å²) in [5, 5.41) is 4.33. The zero-order valence-electron chi connectivity index (χ0n) is 33.4. The van der Waals surface area contributed by atoms with Gasteiger partial charge in [0.05, 0.1) is 0 Å². The largest absolute Gasteiger partial charge is 0.456 e. The van der Waals surface area contributed by atoms with Crippen LogP contribution in [-0.2, 0) is 0 Å². The molecule has 0 aliphatic rings. The molecule has 0 spiro atoms. The van der Waals surface area contributed by atoms with Crippen molar-refractivity contribution in [1.29, 1.82) is 0 Å². The second kappa shape index (κ2) is 14.7. The predicted molar refractivity (Wildman–Crippen MR) is 252 cm³/mol. The maximum atomic E-state index is 6.75. The predicted octanol–water partition coefficient (Wildman–Crippen LogP) is 15.3. The lowest BCUT2D eigenvalue weighted by Crippen LogP contribution is -2.00. The number of hydrogen-bond acceptors (Lipinski definition) is 5. The first-order valence-corrected chi connectivity index (χ1v) is 20.8. The van der Waals surface area contributed by atoms with Gasteiger partial charge in [-0.2, -0.15) is 0 Å². The second-order valence-electron chi connectivity index (χ2n) is 15.5. The van der Waals surface area contributed by atoms with Crippen LogP contribution in [0.15, 0.2) is 221 Å². The van der Waals surface area contributed by atoms with E-state index in [1.54, 1.807) is 0 Å². The Morgan fingerprint density at radius 3 is 1.32 bits per heavy atom. The van der Waals surface area contributed by atoms with Crippen molar-refractivity contribution < 1.29 is 8.83 Å². The van der Waals surface area contributed by atoms with Gasteiger partial charge in [0.15, 0.2) is 17.5 Å². The summed E-state index contributed by atoms with van der Waals surface area (Å²) in [7, 11) is 0. The monoisotopic (exact) mass is 793 g/mol. The van der Waals surface area contributed by atoms with E-state index in [-0.39, 0.29) is 0 Å². The highest BCUT2D eigenvalue weighted by Crippen LogP contribution is 2.45. The van der Waals surface area contributed by atoms with Crippen LogP contribution in [0.3, 0.4) is 0 Å². The van der Waals surface area contributed by atoms with Crippen molar-refractivity contribution in [2.24, 2.45) is 0 Å². The smallest absolute Gasteiger partial charge is 0.164 e. The van der Waals surface area contributed by atoms with Crippen LogP contribution >= 0.6 is 0 Å². The van der Waals surface area contributed by atoms with Crippen molar-refractivity contribution in [2.45, 2.75) is 0 Å². The summed E-state index contributed by atoms with van der Waals surface area (Å²) in [6.07, 6.45) is 0. The third-order valence-corrected chi connectivity index (χ3v) is 11.8. The summed E-state index contributed by atoms with van der Waals surface area (Å²) in [5.41, 5.74) is 14.8. The fourth-order valence-corrected chi connectivity index (χ4v) is 8.78. The number of hydrogen-bond donors (Lipinski definition) is 0. The molecular weight excluding hydrogens is 759 g/mol. The Labute approximate surface area is 357 Å². The zero-order valence-corrected chi connectivity index (χ0v) is 33.4. The number of fused-ring (bicyclic) bond motifs is 6. The van der Waals surface area contributed by atoms with Gasteiger partial charge in [0.1, 0.15) is 22.3 Å². The molecule has 0 unspecified atom stereocenters. The van der Waals surface area contributed by atoms with E-state index in [0.717, 1.165) is 105 Å². The first-order chi connectivity index (χ1) is 30.7. The molecule has 290 valence electrons. The molecule has 0 aliphatic carbocycles. The van der Waals surface area contributed by atoms with Gasteiger partial charge >= 0.3 is 0 Å². The standard InChI is InChI=1S/C57H35N3O2/c1-3-14-36(15-4-1)40-18-11-20-42(34-40)56-58-55(59-57(60-56)43-21-12-19-41(35-43)37-16-5-2-6-17-37)39-30-28-38(29-31-39)44-32-33-46(53-48-23-8-10-26-50(48)62-54(44)53)45-24-13-27-51-52(45)47-22-7-9-25-49(47)61-51/h1-35H. The van der Waals surface area contributed by atoms with E-state index in [1.165, 1.54) is 0 Å². The van der Waals surface area contributed by atoms with E-state index in [1.807, 2.05) is 42.5 Å². The quantitative estimate of drug-likeness (QED) is 0.161. The van der Waals surface area contributed by atoms with E-state index in [9.17, 15) is 0 Å². The molecule has 0 bridgehead atoms. The van der Waals surface area contributed by atoms with Gasteiger partial charge in [-0.15, -0.1) is 0 Å². The average molecular weight is 794 g/mol. The van der Waals surface area contributed by atoms with Crippen molar-refractivity contribution >= 4 is 43.9 Å². The highest BCUT2D eigenvalue weighted by molar-refractivity contribution is 6.21. The molecule has 5 nitrogen and oxygen atoms in total. The molecule has 9 aromatic carbocycles. The molecule has 62 heavy (non-hydrogen) atoms. The third-order valence-electron chi connectivity index (χ3n) is 11.8. The Hall–Kier alpha value is -8.41. The first-order valence-electron chi connectivity index (χ1n) is 20.8. The molecule has 0 fully saturated rings. The zero-order chi connectivity index (χ0) is 41.0. The second-order valence-corrected chi connectivity index (χ2v) is 15.5. The Morgan fingerprint density at radius 2 is 0.694 bits per heavy atom. The molecule has 0 radical (unpaired) electrons. The average Bonchev–Trinajstić information content (AvgIpc) is 3.94. The molecule has 5 heteroatoms. The highest BCUT2D eigenvalue weighted by atomic mass is 16.3. The Balaban J connectivity index is 0.987. The minimum Gasteiger partial charge on any atom is -0.456 e. The van der Waals surface area contributed by atoms with Crippen LogP contribution in [0.1, 0.15) is 0 Å². The first kappa shape index (κ1) is 35.5. The lowest BCUT2D eigenvalue weighted by molar-refractivity contribution is 0.668. The van der Waals surface area contributed by atoms with Crippen LogP contribution in [0.5, 0.6) is 0 Å². The highest BCUT2D eigenvalue weighted by Gasteiger charge is 2.21. The van der Waals surface area contributed by atoms with E-state index >= 15 is 0 Å². The molecule has 3 heterocycles. The molecule has 0 aliphatic heterocycles. The maximum Gasteiger partial charge on any atom is 0.164 e. The van der Waals surface area contributed by atoms with Crippen LogP contribution in [0.4, 0.5) is 0 Å². The number of aromatic nitrogens is 3. The van der Waals surface area contributed by atoms with E-state index in [4.69, 9.17) is 23.8 Å². The lowest BCUT2D eigenvalue weighted by Gasteiger charge is -2.12. The Morgan fingerprint density at radius 1 is 0.258 bits per heavy atom. The van der Waals surface area contributed by atoms with Crippen LogP contribution in [0, 0.1) is 0 Å². The molecule has 12 aromatic rings. The number of para-hydroxylation sites is 2. The van der Waals surface area contributed by atoms with Gasteiger partial charge in [0.2, 0.25) is 0 Å². The van der Waals surface area contributed by atoms with Gasteiger partial charge in [0.25, 0.3) is 0 Å². The van der Waals surface area contributed by atoms with Gasteiger partial charge in [-0.1, -0.05) is 176 Å². The molecule has 12 rings (SSSR count). The minimum absolute atomic E-state index is 0.594. The van der Waals surface area contributed by atoms with Gasteiger partial charge in [-0.3, -0.25) is 0 Å². The van der Waals surface area contributed by atoms with Crippen LogP contribution in [0.25, 0.3) is 123 Å². The molecule has 0 atom stereocenters. The number of furan rings is 2. The van der Waals surface area contributed by atoms with E-state index in [2.05, 4.69) is 170 Å². The van der Waals surface area contributed by atoms with Gasteiger partial charge in [0, 0.05) is 43.8 Å². The van der Waals surface area contributed by atoms with Crippen molar-refractivity contribution in [3.8, 4) is 78.7 Å². The lowest BCUT2D eigenvalue weighted by atomic mass is 9.92. The summed E-state index contributed by atoms with van der Waals surface area (Å²) < 4.78 is 13.1. The van der Waals surface area contributed by atoms with Gasteiger partial charge in [-0.25, -0.2) is 15.0 Å². The number of benzene rings is 9. The van der Waals surface area contributed by atoms with E-state index < -0.39 is 0 Å². The fourth-order valence-electron chi connectivity index (χ4n) is 8.78. The number of nitrogens with zero attached hydrogens (tertiary/aromatic N) is 3. The molecular formula is C57H35N3O2. The van der Waals surface area contributed by atoms with Crippen LogP contribution in [0.2, 0.25) is 0 Å². The Kier molecular flexibility index (Phi) is 8.42. The maximum absolute atomic E-state index is 6.75. The summed E-state index contributed by atoms with van der Waals surface area (Å²) in [6, 6.07) is 73.3. The van der Waals surface area contributed by atoms with Gasteiger partial charge in [-0.05, 0) is 75.3 Å². The molecule has 0 saturated carbocycles. The van der Waals surface area contributed by atoms with Crippen molar-refractivity contribution in [3.63, 3.8) is 0 Å². The third kappa shape index (κ3) is 6.14. The van der Waals surface area contributed by atoms with Gasteiger partial charge < -0.3 is 8.83 Å². The van der Waals surface area contributed by atoms with Crippen LogP contribution < -0.4 is 0 Å². The summed E-state index contributed by atoms with van der Waals surface area (Å²) in [5.74, 6) is 1.81. The molecule has 0 N–H and O–H groups in total. The summed E-state index contributed by atoms with van der Waals surface area (Å²) >= 11 is 0. The molecule has 3 aromatic heterocycles. The molecule has 0 amide bonds. The van der Waals surface area contributed by atoms with Crippen molar-refractivity contribution in [1.82, 2.24) is 15.0 Å². The van der Waals surface area contributed by atoms with Crippen molar-refractivity contribution in [2.75, 3.05) is 0 Å².